The molecule has 4 aromatic rings. The van der Waals surface area contributed by atoms with Gasteiger partial charge in [0.2, 0.25) is 5.91 Å². The van der Waals surface area contributed by atoms with Gasteiger partial charge in [-0.05, 0) is 61.6 Å². The second-order valence-corrected chi connectivity index (χ2v) is 9.95. The quantitative estimate of drug-likeness (QED) is 0.268. The van der Waals surface area contributed by atoms with Gasteiger partial charge in [0.1, 0.15) is 11.6 Å². The van der Waals surface area contributed by atoms with Crippen LogP contribution in [-0.2, 0) is 11.2 Å². The molecule has 37 heavy (non-hydrogen) atoms. The summed E-state index contributed by atoms with van der Waals surface area (Å²) in [5, 5.41) is 0.366. The van der Waals surface area contributed by atoms with Crippen LogP contribution in [0.25, 0.3) is 16.6 Å². The van der Waals surface area contributed by atoms with E-state index in [4.69, 9.17) is 16.6 Å². The SMILES string of the molecule is CCC(c1nc2ccccc2c(=O)n1-c1ccc(F)c(Cl)c1)N(CCc1ccccc1)C(=O)C1CCC1. The molecule has 190 valence electrons. The first-order valence-electron chi connectivity index (χ1n) is 12.8. The molecule has 1 unspecified atom stereocenters. The van der Waals surface area contributed by atoms with E-state index in [9.17, 15) is 14.0 Å². The molecule has 1 heterocycles. The third-order valence-electron chi connectivity index (χ3n) is 7.25. The van der Waals surface area contributed by atoms with Gasteiger partial charge in [-0.25, -0.2) is 9.37 Å². The van der Waals surface area contributed by atoms with Gasteiger partial charge in [0.05, 0.1) is 27.7 Å². The van der Waals surface area contributed by atoms with Crippen molar-refractivity contribution in [2.75, 3.05) is 6.54 Å². The Morgan fingerprint density at radius 1 is 1.11 bits per heavy atom. The molecule has 3 aromatic carbocycles. The third-order valence-corrected chi connectivity index (χ3v) is 7.54. The van der Waals surface area contributed by atoms with Crippen LogP contribution in [0.5, 0.6) is 0 Å². The van der Waals surface area contributed by atoms with Gasteiger partial charge in [0, 0.05) is 12.5 Å². The van der Waals surface area contributed by atoms with E-state index in [2.05, 4.69) is 12.1 Å². The monoisotopic (exact) mass is 517 g/mol. The fraction of sp³-hybridized carbons (Fsp3) is 0.300. The first-order chi connectivity index (χ1) is 18.0. The van der Waals surface area contributed by atoms with Gasteiger partial charge in [0.15, 0.2) is 0 Å². The van der Waals surface area contributed by atoms with E-state index in [1.54, 1.807) is 18.2 Å². The molecule has 0 N–H and O–H groups in total. The number of rotatable bonds is 8. The molecule has 1 aliphatic carbocycles. The fourth-order valence-electron chi connectivity index (χ4n) is 4.99. The van der Waals surface area contributed by atoms with Crippen molar-refractivity contribution in [1.82, 2.24) is 14.5 Å². The van der Waals surface area contributed by atoms with Crippen molar-refractivity contribution < 1.29 is 9.18 Å². The highest BCUT2D eigenvalue weighted by Gasteiger charge is 2.35. The zero-order valence-corrected chi connectivity index (χ0v) is 21.5. The normalized spacial score (nSPS) is 14.4. The van der Waals surface area contributed by atoms with Gasteiger partial charge in [-0.1, -0.05) is 67.4 Å². The molecule has 5 nitrogen and oxygen atoms in total. The summed E-state index contributed by atoms with van der Waals surface area (Å²) in [5.74, 6) is -0.0223. The highest BCUT2D eigenvalue weighted by atomic mass is 35.5. The molecule has 0 saturated heterocycles. The van der Waals surface area contributed by atoms with Crippen molar-refractivity contribution in [1.29, 1.82) is 0 Å². The van der Waals surface area contributed by atoms with Crippen LogP contribution in [0.1, 0.15) is 50.0 Å². The van der Waals surface area contributed by atoms with Crippen LogP contribution in [0.3, 0.4) is 0 Å². The smallest absolute Gasteiger partial charge is 0.266 e. The van der Waals surface area contributed by atoms with E-state index in [1.807, 2.05) is 36.1 Å². The van der Waals surface area contributed by atoms with Gasteiger partial charge in [0.25, 0.3) is 5.56 Å². The topological polar surface area (TPSA) is 55.2 Å². The number of nitrogens with zero attached hydrogens (tertiary/aromatic N) is 3. The number of carbonyl (C=O) groups excluding carboxylic acids is 1. The van der Waals surface area contributed by atoms with Gasteiger partial charge in [-0.2, -0.15) is 0 Å². The summed E-state index contributed by atoms with van der Waals surface area (Å²) >= 11 is 6.12. The number of carbonyl (C=O) groups is 1. The average Bonchev–Trinajstić information content (AvgIpc) is 2.88. The maximum absolute atomic E-state index is 14.0. The van der Waals surface area contributed by atoms with Gasteiger partial charge >= 0.3 is 0 Å². The largest absolute Gasteiger partial charge is 0.332 e. The van der Waals surface area contributed by atoms with Crippen molar-refractivity contribution >= 4 is 28.4 Å². The Kier molecular flexibility index (Phi) is 7.38. The number of aromatic nitrogens is 2. The predicted molar refractivity (Wildman–Crippen MR) is 145 cm³/mol. The average molecular weight is 518 g/mol. The van der Waals surface area contributed by atoms with Crippen LogP contribution in [0.15, 0.2) is 77.6 Å². The molecule has 1 aromatic heterocycles. The van der Waals surface area contributed by atoms with Gasteiger partial charge < -0.3 is 4.90 Å². The van der Waals surface area contributed by atoms with Gasteiger partial charge in [-0.15, -0.1) is 0 Å². The minimum Gasteiger partial charge on any atom is -0.332 e. The standard InChI is InChI=1S/C30H29ClFN3O2/c1-2-27(34(29(36)21-11-8-12-21)18-17-20-9-4-3-5-10-20)28-33-26-14-7-6-13-23(26)30(37)35(28)22-15-16-25(32)24(31)19-22/h3-7,9-10,13-16,19,21,27H,2,8,11-12,17-18H2,1H3. The van der Waals surface area contributed by atoms with Crippen molar-refractivity contribution in [2.24, 2.45) is 5.92 Å². The molecule has 0 radical (unpaired) electrons. The Morgan fingerprint density at radius 2 is 1.84 bits per heavy atom. The van der Waals surface area contributed by atoms with Crippen LogP contribution in [0.4, 0.5) is 4.39 Å². The molecule has 7 heteroatoms. The first-order valence-corrected chi connectivity index (χ1v) is 13.2. The van der Waals surface area contributed by atoms with Crippen molar-refractivity contribution in [3.05, 3.63) is 105 Å². The van der Waals surface area contributed by atoms with E-state index in [-0.39, 0.29) is 22.4 Å². The van der Waals surface area contributed by atoms with Crippen molar-refractivity contribution in [2.45, 2.75) is 45.1 Å². The fourth-order valence-corrected chi connectivity index (χ4v) is 5.17. The Labute approximate surface area is 220 Å². The van der Waals surface area contributed by atoms with E-state index in [0.717, 1.165) is 24.8 Å². The van der Waals surface area contributed by atoms with E-state index in [1.165, 1.54) is 22.8 Å². The van der Waals surface area contributed by atoms with Crippen LogP contribution in [-0.4, -0.2) is 26.9 Å². The lowest BCUT2D eigenvalue weighted by Crippen LogP contribution is -2.44. The minimum atomic E-state index is -0.564. The highest BCUT2D eigenvalue weighted by Crippen LogP contribution is 2.34. The van der Waals surface area contributed by atoms with Gasteiger partial charge in [-0.3, -0.25) is 14.2 Å². The highest BCUT2D eigenvalue weighted by molar-refractivity contribution is 6.30. The van der Waals surface area contributed by atoms with Crippen LogP contribution < -0.4 is 5.56 Å². The molecular weight excluding hydrogens is 489 g/mol. The maximum Gasteiger partial charge on any atom is 0.266 e. The molecule has 0 bridgehead atoms. The molecule has 1 atom stereocenters. The van der Waals surface area contributed by atoms with Crippen LogP contribution >= 0.6 is 11.6 Å². The zero-order chi connectivity index (χ0) is 25.9. The number of amides is 1. The Balaban J connectivity index is 1.66. The summed E-state index contributed by atoms with van der Waals surface area (Å²) in [4.78, 5) is 34.4. The molecule has 1 aliphatic rings. The maximum atomic E-state index is 14.0. The summed E-state index contributed by atoms with van der Waals surface area (Å²) < 4.78 is 15.5. The Bertz CT molecular complexity index is 1480. The van der Waals surface area contributed by atoms with Crippen molar-refractivity contribution in [3.8, 4) is 5.69 Å². The minimum absolute atomic E-state index is 0.00860. The second-order valence-electron chi connectivity index (χ2n) is 9.55. The molecule has 1 saturated carbocycles. The molecule has 0 spiro atoms. The second kappa shape index (κ2) is 10.9. The predicted octanol–water partition coefficient (Wildman–Crippen LogP) is 6.50. The van der Waals surface area contributed by atoms with E-state index < -0.39 is 11.9 Å². The first kappa shape index (κ1) is 25.2. The molecular formula is C30H29ClFN3O2. The lowest BCUT2D eigenvalue weighted by molar-refractivity contribution is -0.141. The number of hydrogen-bond donors (Lipinski definition) is 0. The lowest BCUT2D eigenvalue weighted by Gasteiger charge is -2.37. The Hall–Kier alpha value is -3.51. The number of hydrogen-bond acceptors (Lipinski definition) is 3. The van der Waals surface area contributed by atoms with E-state index >= 15 is 0 Å². The summed E-state index contributed by atoms with van der Waals surface area (Å²) in [7, 11) is 0. The molecule has 0 aliphatic heterocycles. The number of halogens is 2. The third kappa shape index (κ3) is 5.03. The summed E-state index contributed by atoms with van der Waals surface area (Å²) in [6.07, 6.45) is 4.06. The number of fused-ring (bicyclic) bond motifs is 1. The number of para-hydroxylation sites is 1. The summed E-state index contributed by atoms with van der Waals surface area (Å²) in [6, 6.07) is 21.0. The molecule has 1 fully saturated rings. The zero-order valence-electron chi connectivity index (χ0n) is 20.7. The molecule has 5 rings (SSSR count). The Morgan fingerprint density at radius 3 is 2.51 bits per heavy atom. The number of benzene rings is 3. The summed E-state index contributed by atoms with van der Waals surface area (Å²) in [6.45, 7) is 2.50. The summed E-state index contributed by atoms with van der Waals surface area (Å²) in [5.41, 5.74) is 1.84. The van der Waals surface area contributed by atoms with Crippen LogP contribution in [0, 0.1) is 11.7 Å². The lowest BCUT2D eigenvalue weighted by atomic mass is 9.84. The van der Waals surface area contributed by atoms with Crippen LogP contribution in [0.2, 0.25) is 5.02 Å². The molecule has 1 amide bonds. The van der Waals surface area contributed by atoms with Crippen molar-refractivity contribution in [3.63, 3.8) is 0 Å². The van der Waals surface area contributed by atoms with E-state index in [0.29, 0.717) is 41.8 Å².